The molecule has 1 atom stereocenters. The molecule has 1 saturated heterocycles. The molecule has 1 aliphatic rings. The Balaban J connectivity index is 1.69. The van der Waals surface area contributed by atoms with Gasteiger partial charge in [0.1, 0.15) is 11.5 Å². The molecular formula is C19H24N2O4S. The average Bonchev–Trinajstić information content (AvgIpc) is 3.34. The fourth-order valence-electron chi connectivity index (χ4n) is 3.20. The highest BCUT2D eigenvalue weighted by atomic mass is 32.1. The molecule has 1 unspecified atom stereocenters. The van der Waals surface area contributed by atoms with Crippen LogP contribution in [0, 0.1) is 12.3 Å². The minimum Gasteiger partial charge on any atom is -0.460 e. The molecule has 7 heteroatoms. The molecule has 2 aromatic heterocycles. The van der Waals surface area contributed by atoms with Gasteiger partial charge in [-0.15, -0.1) is 11.3 Å². The molecule has 2 aromatic rings. The first kappa shape index (κ1) is 18.7. The van der Waals surface area contributed by atoms with Gasteiger partial charge in [0.05, 0.1) is 22.5 Å². The van der Waals surface area contributed by atoms with E-state index in [4.69, 9.17) is 9.15 Å². The Morgan fingerprint density at radius 2 is 2.27 bits per heavy atom. The van der Waals surface area contributed by atoms with Crippen molar-refractivity contribution in [3.8, 4) is 10.6 Å². The van der Waals surface area contributed by atoms with Crippen LogP contribution in [0.4, 0.5) is 0 Å². The highest BCUT2D eigenvalue weighted by molar-refractivity contribution is 7.13. The first-order chi connectivity index (χ1) is 12.4. The summed E-state index contributed by atoms with van der Waals surface area (Å²) in [6.45, 7) is 5.63. The summed E-state index contributed by atoms with van der Waals surface area (Å²) in [5.41, 5.74) is -0.00473. The summed E-state index contributed by atoms with van der Waals surface area (Å²) in [6.07, 6.45) is 0.645. The van der Waals surface area contributed by atoms with Gasteiger partial charge >= 0.3 is 0 Å². The number of thiophene rings is 1. The number of nitrogens with one attached hydrogen (secondary N) is 1. The molecule has 140 valence electrons. The highest BCUT2D eigenvalue weighted by Crippen LogP contribution is 2.33. The third kappa shape index (κ3) is 3.68. The van der Waals surface area contributed by atoms with E-state index in [0.29, 0.717) is 49.7 Å². The number of carbonyl (C=O) groups is 2. The van der Waals surface area contributed by atoms with E-state index in [9.17, 15) is 9.59 Å². The zero-order valence-corrected chi connectivity index (χ0v) is 16.1. The Morgan fingerprint density at radius 3 is 2.96 bits per heavy atom. The molecule has 6 nitrogen and oxygen atoms in total. The van der Waals surface area contributed by atoms with Gasteiger partial charge in [-0.2, -0.15) is 0 Å². The van der Waals surface area contributed by atoms with Crippen LogP contribution < -0.4 is 5.32 Å². The first-order valence-corrected chi connectivity index (χ1v) is 9.53. The minimum atomic E-state index is -0.572. The number of nitrogens with zero attached hydrogens (tertiary/aromatic N) is 1. The van der Waals surface area contributed by atoms with E-state index in [1.807, 2.05) is 24.4 Å². The van der Waals surface area contributed by atoms with Crippen molar-refractivity contribution in [1.29, 1.82) is 0 Å². The van der Waals surface area contributed by atoms with Crippen LogP contribution in [0.25, 0.3) is 10.6 Å². The number of amides is 2. The van der Waals surface area contributed by atoms with Crippen molar-refractivity contribution in [1.82, 2.24) is 10.2 Å². The normalized spacial score (nSPS) is 19.7. The third-order valence-corrected chi connectivity index (χ3v) is 5.70. The van der Waals surface area contributed by atoms with Crippen molar-refractivity contribution >= 4 is 23.2 Å². The highest BCUT2D eigenvalue weighted by Gasteiger charge is 2.42. The zero-order chi connectivity index (χ0) is 18.7. The van der Waals surface area contributed by atoms with Crippen LogP contribution in [-0.2, 0) is 9.53 Å². The summed E-state index contributed by atoms with van der Waals surface area (Å²) >= 11 is 1.57. The summed E-state index contributed by atoms with van der Waals surface area (Å²) in [6, 6.07) is 5.72. The predicted molar refractivity (Wildman–Crippen MR) is 100 cm³/mol. The first-order valence-electron chi connectivity index (χ1n) is 8.65. The van der Waals surface area contributed by atoms with Gasteiger partial charge in [0.2, 0.25) is 5.91 Å². The van der Waals surface area contributed by atoms with Crippen molar-refractivity contribution in [3.63, 3.8) is 0 Å². The van der Waals surface area contributed by atoms with E-state index in [-0.39, 0.29) is 11.8 Å². The number of hydrogen-bond donors (Lipinski definition) is 1. The van der Waals surface area contributed by atoms with Crippen LogP contribution in [-0.4, -0.2) is 50.1 Å². The molecule has 0 radical (unpaired) electrons. The van der Waals surface area contributed by atoms with E-state index >= 15 is 0 Å². The second kappa shape index (κ2) is 7.63. The largest absolute Gasteiger partial charge is 0.460 e. The number of furan rings is 1. The van der Waals surface area contributed by atoms with Crippen LogP contribution in [0.2, 0.25) is 0 Å². The molecule has 3 heterocycles. The van der Waals surface area contributed by atoms with Crippen molar-refractivity contribution in [3.05, 3.63) is 34.9 Å². The van der Waals surface area contributed by atoms with Crippen molar-refractivity contribution in [2.75, 3.05) is 33.4 Å². The monoisotopic (exact) mass is 376 g/mol. The molecule has 0 aliphatic carbocycles. The van der Waals surface area contributed by atoms with Crippen LogP contribution in [0.3, 0.4) is 0 Å². The van der Waals surface area contributed by atoms with Crippen LogP contribution in [0.5, 0.6) is 0 Å². The number of ether oxygens (including phenoxy) is 1. The Morgan fingerprint density at radius 1 is 1.46 bits per heavy atom. The zero-order valence-electron chi connectivity index (χ0n) is 15.3. The van der Waals surface area contributed by atoms with Gasteiger partial charge in [-0.1, -0.05) is 6.07 Å². The Hall–Kier alpha value is -2.12. The molecule has 0 saturated carbocycles. The van der Waals surface area contributed by atoms with Gasteiger partial charge in [-0.3, -0.25) is 9.59 Å². The summed E-state index contributed by atoms with van der Waals surface area (Å²) < 4.78 is 10.7. The number of carbonyl (C=O) groups excluding carboxylic acids is 2. The maximum absolute atomic E-state index is 12.9. The Labute approximate surface area is 157 Å². The van der Waals surface area contributed by atoms with E-state index in [1.54, 1.807) is 36.3 Å². The van der Waals surface area contributed by atoms with Crippen LogP contribution in [0.1, 0.15) is 29.5 Å². The average molecular weight is 376 g/mol. The van der Waals surface area contributed by atoms with Crippen LogP contribution >= 0.6 is 11.3 Å². The van der Waals surface area contributed by atoms with E-state index in [1.165, 1.54) is 0 Å². The summed E-state index contributed by atoms with van der Waals surface area (Å²) in [5.74, 6) is 1.20. The quantitative estimate of drug-likeness (QED) is 0.787. The lowest BCUT2D eigenvalue weighted by Gasteiger charge is -2.23. The Bertz CT molecular complexity index is 784. The van der Waals surface area contributed by atoms with Gasteiger partial charge in [0.25, 0.3) is 5.91 Å². The molecule has 1 fully saturated rings. The molecular weight excluding hydrogens is 352 g/mol. The third-order valence-electron chi connectivity index (χ3n) is 4.81. The molecule has 3 rings (SSSR count). The molecule has 0 spiro atoms. The fraction of sp³-hybridized carbons (Fsp3) is 0.474. The lowest BCUT2D eigenvalue weighted by molar-refractivity contribution is -0.129. The molecule has 0 bridgehead atoms. The molecule has 1 aliphatic heterocycles. The maximum Gasteiger partial charge on any atom is 0.257 e. The fourth-order valence-corrected chi connectivity index (χ4v) is 3.88. The van der Waals surface area contributed by atoms with E-state index in [2.05, 4.69) is 5.32 Å². The van der Waals surface area contributed by atoms with E-state index in [0.717, 1.165) is 4.88 Å². The summed E-state index contributed by atoms with van der Waals surface area (Å²) in [4.78, 5) is 28.1. The van der Waals surface area contributed by atoms with E-state index < -0.39 is 5.41 Å². The molecule has 26 heavy (non-hydrogen) atoms. The second-order valence-corrected chi connectivity index (χ2v) is 7.79. The topological polar surface area (TPSA) is 71.8 Å². The van der Waals surface area contributed by atoms with Gasteiger partial charge in [0, 0.05) is 26.7 Å². The lowest BCUT2D eigenvalue weighted by atomic mass is 9.89. The van der Waals surface area contributed by atoms with Gasteiger partial charge < -0.3 is 19.4 Å². The lowest BCUT2D eigenvalue weighted by Crippen LogP contribution is -2.42. The van der Waals surface area contributed by atoms with Gasteiger partial charge in [-0.05, 0) is 37.8 Å². The van der Waals surface area contributed by atoms with Gasteiger partial charge in [-0.25, -0.2) is 0 Å². The maximum atomic E-state index is 12.9. The second-order valence-electron chi connectivity index (χ2n) is 6.84. The summed E-state index contributed by atoms with van der Waals surface area (Å²) in [5, 5.41) is 4.86. The standard InChI is InChI=1S/C19H24N2O4S/c1-13-14(11-15(25-13)16-5-4-10-26-16)17(22)21-8-6-19(2,12-21)18(23)20-7-9-24-3/h4-5,10-11H,6-9,12H2,1-3H3,(H,20,23). The van der Waals surface area contributed by atoms with Gasteiger partial charge in [0.15, 0.2) is 0 Å². The SMILES string of the molecule is COCCNC(=O)C1(C)CCN(C(=O)c2cc(-c3cccs3)oc2C)C1. The number of aryl methyl sites for hydroxylation is 1. The molecule has 1 N–H and O–H groups in total. The minimum absolute atomic E-state index is 0.0342. The van der Waals surface area contributed by atoms with Crippen molar-refractivity contribution in [2.45, 2.75) is 20.3 Å². The molecule has 0 aromatic carbocycles. The van der Waals surface area contributed by atoms with Crippen molar-refractivity contribution < 1.29 is 18.7 Å². The summed E-state index contributed by atoms with van der Waals surface area (Å²) in [7, 11) is 1.60. The smallest absolute Gasteiger partial charge is 0.257 e. The number of likely N-dealkylation sites (tertiary alicyclic amines) is 1. The molecule has 2 amide bonds. The van der Waals surface area contributed by atoms with Crippen molar-refractivity contribution in [2.24, 2.45) is 5.41 Å². The predicted octanol–water partition coefficient (Wildman–Crippen LogP) is 2.93. The number of rotatable bonds is 6. The number of methoxy groups -OCH3 is 1. The Kier molecular flexibility index (Phi) is 5.48. The van der Waals surface area contributed by atoms with Crippen LogP contribution in [0.15, 0.2) is 28.0 Å². The number of hydrogen-bond acceptors (Lipinski definition) is 5.